The summed E-state index contributed by atoms with van der Waals surface area (Å²) < 4.78 is 25.3. The molecule has 1 aromatic carbocycles. The summed E-state index contributed by atoms with van der Waals surface area (Å²) in [5, 5.41) is 0. The quantitative estimate of drug-likeness (QED) is 0.291. The number of pyridine rings is 1. The van der Waals surface area contributed by atoms with Crippen LogP contribution in [-0.2, 0) is 0 Å². The number of unbranched alkanes of at least 4 members (excludes halogenated alkanes) is 6. The summed E-state index contributed by atoms with van der Waals surface area (Å²) in [7, 11) is 0. The van der Waals surface area contributed by atoms with Crippen LogP contribution in [0.2, 0.25) is 0 Å². The van der Waals surface area contributed by atoms with Gasteiger partial charge in [0, 0.05) is 5.56 Å². The zero-order valence-corrected chi connectivity index (χ0v) is 18.0. The number of nitrogens with zero attached hydrogens (tertiary/aromatic N) is 1. The Bertz CT molecular complexity index is 658. The van der Waals surface area contributed by atoms with E-state index in [4.69, 9.17) is 9.47 Å². The van der Waals surface area contributed by atoms with E-state index in [0.29, 0.717) is 12.2 Å². The lowest BCUT2D eigenvalue weighted by molar-refractivity contribution is 0.183. The van der Waals surface area contributed by atoms with Gasteiger partial charge >= 0.3 is 0 Å². The van der Waals surface area contributed by atoms with Crippen molar-refractivity contribution < 1.29 is 13.9 Å². The molecule has 1 atom stereocenters. The van der Waals surface area contributed by atoms with E-state index in [-0.39, 0.29) is 6.61 Å². The Morgan fingerprint density at radius 2 is 1.48 bits per heavy atom. The molecule has 2 rings (SSSR count). The summed E-state index contributed by atoms with van der Waals surface area (Å²) in [6.07, 6.45) is 10.5. The van der Waals surface area contributed by atoms with E-state index >= 15 is 0 Å². The maximum atomic E-state index is 14.0. The van der Waals surface area contributed by atoms with Crippen LogP contribution in [0.5, 0.6) is 11.5 Å². The van der Waals surface area contributed by atoms with Crippen molar-refractivity contribution in [3.8, 4) is 22.8 Å². The molecule has 0 aliphatic carbocycles. The molecule has 4 heteroatoms. The van der Waals surface area contributed by atoms with Gasteiger partial charge in [0.15, 0.2) is 0 Å². The molecule has 0 aliphatic rings. The Hall–Kier alpha value is -2.10. The first-order valence-electron chi connectivity index (χ1n) is 11.2. The lowest BCUT2D eigenvalue weighted by Crippen LogP contribution is -2.12. The minimum atomic E-state index is -0.916. The van der Waals surface area contributed by atoms with E-state index in [0.717, 1.165) is 49.3 Å². The number of hydrogen-bond donors (Lipinski definition) is 0. The summed E-state index contributed by atoms with van der Waals surface area (Å²) in [4.78, 5) is 4.45. The highest BCUT2D eigenvalue weighted by molar-refractivity contribution is 5.60. The van der Waals surface area contributed by atoms with Crippen molar-refractivity contribution in [1.82, 2.24) is 4.98 Å². The van der Waals surface area contributed by atoms with Gasteiger partial charge in [-0.05, 0) is 49.2 Å². The molecule has 0 fully saturated rings. The topological polar surface area (TPSA) is 31.4 Å². The van der Waals surface area contributed by atoms with E-state index in [2.05, 4.69) is 18.8 Å². The molecule has 0 bridgehead atoms. The van der Waals surface area contributed by atoms with Crippen molar-refractivity contribution in [2.24, 2.45) is 0 Å². The van der Waals surface area contributed by atoms with E-state index < -0.39 is 6.17 Å². The summed E-state index contributed by atoms with van der Waals surface area (Å²) in [6.45, 7) is 5.19. The van der Waals surface area contributed by atoms with Crippen molar-refractivity contribution in [2.45, 2.75) is 77.8 Å². The van der Waals surface area contributed by atoms with Gasteiger partial charge in [0.05, 0.1) is 18.5 Å². The zero-order valence-electron chi connectivity index (χ0n) is 18.0. The molecular weight excluding hydrogens is 365 g/mol. The maximum absolute atomic E-state index is 14.0. The molecule has 160 valence electrons. The highest BCUT2D eigenvalue weighted by atomic mass is 19.1. The number of rotatable bonds is 15. The second-order valence-corrected chi connectivity index (χ2v) is 7.57. The molecule has 0 saturated heterocycles. The Balaban J connectivity index is 1.71. The Morgan fingerprint density at radius 3 is 2.17 bits per heavy atom. The molecule has 29 heavy (non-hydrogen) atoms. The van der Waals surface area contributed by atoms with Crippen LogP contribution < -0.4 is 9.47 Å². The number of halogens is 1. The van der Waals surface area contributed by atoms with Crippen LogP contribution >= 0.6 is 0 Å². The molecule has 0 radical (unpaired) electrons. The van der Waals surface area contributed by atoms with Crippen molar-refractivity contribution in [3.63, 3.8) is 0 Å². The highest BCUT2D eigenvalue weighted by Crippen LogP contribution is 2.23. The standard InChI is InChI=1S/C25H36FNO2/c1-3-5-7-8-9-10-11-22(26)20-29-24-16-17-25(27-19-24)21-12-14-23(15-13-21)28-18-6-4-2/h12-17,19,22H,3-11,18,20H2,1-2H3. The minimum Gasteiger partial charge on any atom is -0.494 e. The monoisotopic (exact) mass is 401 g/mol. The average Bonchev–Trinajstić information content (AvgIpc) is 2.76. The van der Waals surface area contributed by atoms with Gasteiger partial charge in [-0.1, -0.05) is 58.8 Å². The zero-order chi connectivity index (χ0) is 20.7. The molecule has 0 spiro atoms. The maximum Gasteiger partial charge on any atom is 0.137 e. The molecule has 0 saturated carbocycles. The second kappa shape index (κ2) is 14.0. The van der Waals surface area contributed by atoms with Crippen LogP contribution in [0.1, 0.15) is 71.6 Å². The van der Waals surface area contributed by atoms with Crippen LogP contribution in [0.3, 0.4) is 0 Å². The smallest absolute Gasteiger partial charge is 0.137 e. The van der Waals surface area contributed by atoms with E-state index in [1.54, 1.807) is 6.20 Å². The molecule has 0 amide bonds. The molecule has 1 aromatic heterocycles. The summed E-state index contributed by atoms with van der Waals surface area (Å²) in [6, 6.07) is 11.7. The molecular formula is C25H36FNO2. The lowest BCUT2D eigenvalue weighted by Gasteiger charge is -2.11. The van der Waals surface area contributed by atoms with Gasteiger partial charge in [0.1, 0.15) is 24.3 Å². The largest absolute Gasteiger partial charge is 0.494 e. The first kappa shape index (κ1) is 23.2. The van der Waals surface area contributed by atoms with Crippen molar-refractivity contribution in [3.05, 3.63) is 42.6 Å². The number of hydrogen-bond acceptors (Lipinski definition) is 3. The fourth-order valence-electron chi connectivity index (χ4n) is 3.11. The van der Waals surface area contributed by atoms with Gasteiger partial charge in [-0.3, -0.25) is 4.98 Å². The van der Waals surface area contributed by atoms with Crippen LogP contribution in [-0.4, -0.2) is 24.4 Å². The van der Waals surface area contributed by atoms with Crippen molar-refractivity contribution in [1.29, 1.82) is 0 Å². The molecule has 3 nitrogen and oxygen atoms in total. The lowest BCUT2D eigenvalue weighted by atomic mass is 10.1. The first-order chi connectivity index (χ1) is 14.2. The first-order valence-corrected chi connectivity index (χ1v) is 11.2. The fraction of sp³-hybridized carbons (Fsp3) is 0.560. The van der Waals surface area contributed by atoms with Gasteiger partial charge in [-0.15, -0.1) is 0 Å². The third-order valence-electron chi connectivity index (χ3n) is 4.95. The summed E-state index contributed by atoms with van der Waals surface area (Å²) >= 11 is 0. The van der Waals surface area contributed by atoms with Gasteiger partial charge in [0.25, 0.3) is 0 Å². The third-order valence-corrected chi connectivity index (χ3v) is 4.95. The van der Waals surface area contributed by atoms with Gasteiger partial charge < -0.3 is 9.47 Å². The van der Waals surface area contributed by atoms with Gasteiger partial charge in [-0.2, -0.15) is 0 Å². The van der Waals surface area contributed by atoms with Crippen molar-refractivity contribution in [2.75, 3.05) is 13.2 Å². The molecule has 2 aromatic rings. The Morgan fingerprint density at radius 1 is 0.793 bits per heavy atom. The summed E-state index contributed by atoms with van der Waals surface area (Å²) in [5.41, 5.74) is 1.88. The predicted molar refractivity (Wildman–Crippen MR) is 118 cm³/mol. The molecule has 1 heterocycles. The van der Waals surface area contributed by atoms with Gasteiger partial charge in [0.2, 0.25) is 0 Å². The van der Waals surface area contributed by atoms with Crippen LogP contribution in [0.25, 0.3) is 11.3 Å². The Labute approximate surface area is 175 Å². The van der Waals surface area contributed by atoms with E-state index in [1.807, 2.05) is 36.4 Å². The third kappa shape index (κ3) is 9.29. The van der Waals surface area contributed by atoms with Crippen LogP contribution in [0.15, 0.2) is 42.6 Å². The van der Waals surface area contributed by atoms with Crippen LogP contribution in [0, 0.1) is 0 Å². The summed E-state index contributed by atoms with van der Waals surface area (Å²) in [5.74, 6) is 1.49. The number of ether oxygens (including phenoxy) is 2. The number of aromatic nitrogens is 1. The predicted octanol–water partition coefficient (Wildman–Crippen LogP) is 7.40. The van der Waals surface area contributed by atoms with E-state index in [9.17, 15) is 4.39 Å². The highest BCUT2D eigenvalue weighted by Gasteiger charge is 2.08. The number of alkyl halides is 1. The fourth-order valence-corrected chi connectivity index (χ4v) is 3.11. The minimum absolute atomic E-state index is 0.0970. The SMILES string of the molecule is CCCCCCCCC(F)COc1ccc(-c2ccc(OCCCC)cc2)nc1. The molecule has 1 unspecified atom stereocenters. The average molecular weight is 402 g/mol. The van der Waals surface area contributed by atoms with Gasteiger partial charge in [-0.25, -0.2) is 4.39 Å². The second-order valence-electron chi connectivity index (χ2n) is 7.57. The van der Waals surface area contributed by atoms with Crippen LogP contribution in [0.4, 0.5) is 4.39 Å². The van der Waals surface area contributed by atoms with Crippen molar-refractivity contribution >= 4 is 0 Å². The molecule has 0 aliphatic heterocycles. The van der Waals surface area contributed by atoms with E-state index in [1.165, 1.54) is 25.7 Å². The Kier molecular flexibility index (Phi) is 11.2. The number of benzene rings is 1. The normalized spacial score (nSPS) is 12.0. The molecule has 0 N–H and O–H groups in total.